The number of carbonyl (C=O) groups is 2. The minimum Gasteiger partial charge on any atom is -0.508 e. The predicted molar refractivity (Wildman–Crippen MR) is 75.8 cm³/mol. The molecule has 0 unspecified atom stereocenters. The normalized spacial score (nSPS) is 11.2. The van der Waals surface area contributed by atoms with Gasteiger partial charge < -0.3 is 15.5 Å². The highest BCUT2D eigenvalue weighted by Crippen LogP contribution is 2.26. The summed E-state index contributed by atoms with van der Waals surface area (Å²) < 4.78 is 0. The Bertz CT molecular complexity index is 507. The van der Waals surface area contributed by atoms with Gasteiger partial charge >= 0.3 is 5.97 Å². The number of amides is 1. The Kier molecular flexibility index (Phi) is 5.13. The van der Waals surface area contributed by atoms with Crippen LogP contribution in [-0.4, -0.2) is 28.6 Å². The first-order chi connectivity index (χ1) is 9.36. The van der Waals surface area contributed by atoms with Gasteiger partial charge in [-0.05, 0) is 43.5 Å². The number of phenolic OH excluding ortho intramolecular Hbond substituents is 1. The number of carboxylic acids is 1. The molecule has 1 rings (SSSR count). The van der Waals surface area contributed by atoms with Crippen molar-refractivity contribution in [1.82, 2.24) is 5.32 Å². The van der Waals surface area contributed by atoms with E-state index in [-0.39, 0.29) is 18.2 Å². The van der Waals surface area contributed by atoms with Crippen molar-refractivity contribution >= 4 is 11.9 Å². The largest absolute Gasteiger partial charge is 0.508 e. The van der Waals surface area contributed by atoms with Gasteiger partial charge in [0.1, 0.15) is 5.75 Å². The van der Waals surface area contributed by atoms with Crippen molar-refractivity contribution in [1.29, 1.82) is 0 Å². The highest BCUT2D eigenvalue weighted by Gasteiger charge is 2.35. The number of rotatable bonds is 6. The van der Waals surface area contributed by atoms with E-state index < -0.39 is 11.4 Å². The Morgan fingerprint density at radius 3 is 2.30 bits per heavy atom. The molecule has 1 aromatic carbocycles. The highest BCUT2D eigenvalue weighted by atomic mass is 16.4. The number of aryl methyl sites for hydroxylation is 1. The van der Waals surface area contributed by atoms with Crippen LogP contribution in [0.15, 0.2) is 18.2 Å². The minimum atomic E-state index is -0.930. The Hall–Kier alpha value is -2.04. The molecule has 5 nitrogen and oxygen atoms in total. The molecule has 0 spiro atoms. The SMILES string of the molecule is CCC(CC)(CNC(=O)c1ccc(O)cc1C)C(=O)O. The van der Waals surface area contributed by atoms with Gasteiger partial charge in [0, 0.05) is 12.1 Å². The molecular formula is C15H21NO4. The summed E-state index contributed by atoms with van der Waals surface area (Å²) in [6, 6.07) is 4.46. The molecule has 0 heterocycles. The first kappa shape index (κ1) is 16.0. The van der Waals surface area contributed by atoms with E-state index in [1.54, 1.807) is 20.8 Å². The Morgan fingerprint density at radius 1 is 1.25 bits per heavy atom. The summed E-state index contributed by atoms with van der Waals surface area (Å²) in [5.74, 6) is -1.12. The van der Waals surface area contributed by atoms with E-state index >= 15 is 0 Å². The van der Waals surface area contributed by atoms with Crippen LogP contribution >= 0.6 is 0 Å². The molecule has 0 saturated heterocycles. The first-order valence-electron chi connectivity index (χ1n) is 6.67. The number of hydrogen-bond acceptors (Lipinski definition) is 3. The molecule has 0 aromatic heterocycles. The van der Waals surface area contributed by atoms with Crippen molar-refractivity contribution in [2.75, 3.05) is 6.54 Å². The number of benzene rings is 1. The van der Waals surface area contributed by atoms with Gasteiger partial charge in [-0.25, -0.2) is 0 Å². The van der Waals surface area contributed by atoms with Crippen LogP contribution in [-0.2, 0) is 4.79 Å². The fourth-order valence-electron chi connectivity index (χ4n) is 2.13. The number of aromatic hydroxyl groups is 1. The number of hydrogen-bond donors (Lipinski definition) is 3. The molecule has 1 amide bonds. The zero-order valence-electron chi connectivity index (χ0n) is 12.1. The van der Waals surface area contributed by atoms with Gasteiger partial charge in [0.2, 0.25) is 0 Å². The Labute approximate surface area is 118 Å². The molecule has 0 fully saturated rings. The highest BCUT2D eigenvalue weighted by molar-refractivity contribution is 5.96. The summed E-state index contributed by atoms with van der Waals surface area (Å²) in [5.41, 5.74) is 0.159. The summed E-state index contributed by atoms with van der Waals surface area (Å²) in [6.07, 6.45) is 0.904. The maximum atomic E-state index is 12.1. The molecule has 0 saturated carbocycles. The molecule has 0 bridgehead atoms. The molecular weight excluding hydrogens is 258 g/mol. The maximum absolute atomic E-state index is 12.1. The second kappa shape index (κ2) is 6.41. The lowest BCUT2D eigenvalue weighted by Gasteiger charge is -2.27. The van der Waals surface area contributed by atoms with Gasteiger partial charge in [0.25, 0.3) is 5.91 Å². The van der Waals surface area contributed by atoms with Crippen molar-refractivity contribution in [3.63, 3.8) is 0 Å². The average molecular weight is 279 g/mol. The van der Waals surface area contributed by atoms with Gasteiger partial charge in [-0.1, -0.05) is 13.8 Å². The van der Waals surface area contributed by atoms with Crippen molar-refractivity contribution in [3.8, 4) is 5.75 Å². The second-order valence-electron chi connectivity index (χ2n) is 4.97. The quantitative estimate of drug-likeness (QED) is 0.746. The van der Waals surface area contributed by atoms with E-state index in [0.717, 1.165) is 0 Å². The lowest BCUT2D eigenvalue weighted by atomic mass is 9.82. The zero-order chi connectivity index (χ0) is 15.3. The standard InChI is InChI=1S/C15H21NO4/c1-4-15(5-2,14(19)20)9-16-13(18)12-7-6-11(17)8-10(12)3/h6-8,17H,4-5,9H2,1-3H3,(H,16,18)(H,19,20). The number of carboxylic acid groups (broad SMARTS) is 1. The van der Waals surface area contributed by atoms with Crippen molar-refractivity contribution in [2.24, 2.45) is 5.41 Å². The third-order valence-corrected chi connectivity index (χ3v) is 3.85. The van der Waals surface area contributed by atoms with E-state index in [9.17, 15) is 19.8 Å². The smallest absolute Gasteiger partial charge is 0.311 e. The number of aliphatic carboxylic acids is 1. The third-order valence-electron chi connectivity index (χ3n) is 3.85. The summed E-state index contributed by atoms with van der Waals surface area (Å²) in [4.78, 5) is 23.5. The van der Waals surface area contributed by atoms with Crippen LogP contribution in [0.3, 0.4) is 0 Å². The number of carbonyl (C=O) groups excluding carboxylic acids is 1. The molecule has 0 aliphatic heterocycles. The molecule has 0 aliphatic rings. The fraction of sp³-hybridized carbons (Fsp3) is 0.467. The van der Waals surface area contributed by atoms with Gasteiger partial charge in [0.05, 0.1) is 5.41 Å². The van der Waals surface area contributed by atoms with Crippen molar-refractivity contribution < 1.29 is 19.8 Å². The fourth-order valence-corrected chi connectivity index (χ4v) is 2.13. The molecule has 0 aliphatic carbocycles. The van der Waals surface area contributed by atoms with Gasteiger partial charge in [-0.3, -0.25) is 9.59 Å². The third kappa shape index (κ3) is 3.29. The van der Waals surface area contributed by atoms with E-state index in [1.807, 2.05) is 0 Å². The lowest BCUT2D eigenvalue weighted by molar-refractivity contribution is -0.149. The van der Waals surface area contributed by atoms with E-state index in [1.165, 1.54) is 18.2 Å². The van der Waals surface area contributed by atoms with E-state index in [4.69, 9.17) is 0 Å². The van der Waals surface area contributed by atoms with Crippen LogP contribution in [0, 0.1) is 12.3 Å². The molecule has 110 valence electrons. The van der Waals surface area contributed by atoms with Crippen LogP contribution in [0.25, 0.3) is 0 Å². The molecule has 1 aromatic rings. The topological polar surface area (TPSA) is 86.6 Å². The van der Waals surface area contributed by atoms with Gasteiger partial charge in [-0.2, -0.15) is 0 Å². The zero-order valence-corrected chi connectivity index (χ0v) is 12.1. The van der Waals surface area contributed by atoms with E-state index in [0.29, 0.717) is 24.0 Å². The summed E-state index contributed by atoms with van der Waals surface area (Å²) in [6.45, 7) is 5.42. The summed E-state index contributed by atoms with van der Waals surface area (Å²) >= 11 is 0. The molecule has 20 heavy (non-hydrogen) atoms. The Morgan fingerprint density at radius 2 is 1.85 bits per heavy atom. The average Bonchev–Trinajstić information content (AvgIpc) is 2.39. The summed E-state index contributed by atoms with van der Waals surface area (Å²) in [5, 5.41) is 21.3. The second-order valence-corrected chi connectivity index (χ2v) is 4.97. The van der Waals surface area contributed by atoms with Gasteiger partial charge in [-0.15, -0.1) is 0 Å². The minimum absolute atomic E-state index is 0.0917. The molecule has 0 radical (unpaired) electrons. The molecule has 5 heteroatoms. The molecule has 0 atom stereocenters. The Balaban J connectivity index is 2.83. The molecule has 3 N–H and O–H groups in total. The number of nitrogens with one attached hydrogen (secondary N) is 1. The monoisotopic (exact) mass is 279 g/mol. The van der Waals surface area contributed by atoms with Crippen LogP contribution in [0.4, 0.5) is 0 Å². The van der Waals surface area contributed by atoms with Crippen molar-refractivity contribution in [3.05, 3.63) is 29.3 Å². The van der Waals surface area contributed by atoms with Crippen molar-refractivity contribution in [2.45, 2.75) is 33.6 Å². The maximum Gasteiger partial charge on any atom is 0.311 e. The van der Waals surface area contributed by atoms with Crippen LogP contribution in [0.2, 0.25) is 0 Å². The number of phenols is 1. The van der Waals surface area contributed by atoms with Crippen LogP contribution < -0.4 is 5.32 Å². The predicted octanol–water partition coefficient (Wildman–Crippen LogP) is 2.32. The van der Waals surface area contributed by atoms with E-state index in [2.05, 4.69) is 5.32 Å². The van der Waals surface area contributed by atoms with Crippen LogP contribution in [0.1, 0.15) is 42.6 Å². The lowest BCUT2D eigenvalue weighted by Crippen LogP contribution is -2.42. The first-order valence-corrected chi connectivity index (χ1v) is 6.67. The van der Waals surface area contributed by atoms with Gasteiger partial charge in [0.15, 0.2) is 0 Å². The summed E-state index contributed by atoms with van der Waals surface area (Å²) in [7, 11) is 0. The van der Waals surface area contributed by atoms with Crippen LogP contribution in [0.5, 0.6) is 5.75 Å².